The van der Waals surface area contributed by atoms with E-state index in [1.165, 1.54) is 17.8 Å². The topological polar surface area (TPSA) is 45.6 Å². The van der Waals surface area contributed by atoms with Crippen molar-refractivity contribution < 1.29 is 9.84 Å². The molecule has 0 bridgehead atoms. The predicted octanol–water partition coefficient (Wildman–Crippen LogP) is 1.64. The molecule has 0 aromatic carbocycles. The summed E-state index contributed by atoms with van der Waals surface area (Å²) in [6.07, 6.45) is 2.49. The van der Waals surface area contributed by atoms with Gasteiger partial charge >= 0.3 is 0 Å². The summed E-state index contributed by atoms with van der Waals surface area (Å²) in [5.41, 5.74) is 1.14. The fourth-order valence-electron chi connectivity index (χ4n) is 2.38. The Labute approximate surface area is 113 Å². The number of hydrogen-bond acceptors (Lipinski definition) is 5. The number of aromatic nitrogens is 1. The molecule has 1 unspecified atom stereocenters. The molecule has 1 aromatic heterocycles. The fraction of sp³-hybridized carbons (Fsp3) is 0.769. The molecule has 1 saturated heterocycles. The molecule has 102 valence electrons. The maximum absolute atomic E-state index is 8.65. The summed E-state index contributed by atoms with van der Waals surface area (Å²) in [4.78, 5) is 7.05. The zero-order chi connectivity index (χ0) is 12.8. The van der Waals surface area contributed by atoms with Gasteiger partial charge in [-0.25, -0.2) is 4.98 Å². The lowest BCUT2D eigenvalue weighted by Crippen LogP contribution is -2.36. The highest BCUT2D eigenvalue weighted by Crippen LogP contribution is 2.28. The summed E-state index contributed by atoms with van der Waals surface area (Å²) < 4.78 is 5.33. The van der Waals surface area contributed by atoms with Crippen molar-refractivity contribution >= 4 is 11.3 Å². The third-order valence-electron chi connectivity index (χ3n) is 3.28. The number of nitrogens with zero attached hydrogens (tertiary/aromatic N) is 2. The minimum atomic E-state index is 0.112. The highest BCUT2D eigenvalue weighted by molar-refractivity contribution is 7.09. The van der Waals surface area contributed by atoms with Gasteiger partial charge in [0, 0.05) is 30.1 Å². The average Bonchev–Trinajstić information content (AvgIpc) is 2.82. The number of piperidine rings is 1. The monoisotopic (exact) mass is 270 g/mol. The van der Waals surface area contributed by atoms with Crippen LogP contribution in [0.25, 0.3) is 0 Å². The highest BCUT2D eigenvalue weighted by Gasteiger charge is 2.23. The fourth-order valence-corrected chi connectivity index (χ4v) is 3.31. The quantitative estimate of drug-likeness (QED) is 0.798. The molecule has 0 radical (unpaired) electrons. The summed E-state index contributed by atoms with van der Waals surface area (Å²) in [5.74, 6) is 0.593. The number of hydrogen-bond donors (Lipinski definition) is 1. The number of thiazole rings is 1. The maximum Gasteiger partial charge on any atom is 0.0971 e. The minimum Gasteiger partial charge on any atom is -0.394 e. The van der Waals surface area contributed by atoms with Crippen LogP contribution in [0.4, 0.5) is 0 Å². The van der Waals surface area contributed by atoms with E-state index >= 15 is 0 Å². The zero-order valence-corrected chi connectivity index (χ0v) is 11.8. The average molecular weight is 270 g/mol. The van der Waals surface area contributed by atoms with Gasteiger partial charge in [-0.1, -0.05) is 0 Å². The summed E-state index contributed by atoms with van der Waals surface area (Å²) in [7, 11) is 0. The van der Waals surface area contributed by atoms with Crippen molar-refractivity contribution in [1.82, 2.24) is 9.88 Å². The van der Waals surface area contributed by atoms with Gasteiger partial charge in [-0.2, -0.15) is 0 Å². The zero-order valence-electron chi connectivity index (χ0n) is 11.0. The molecule has 0 amide bonds. The molecule has 1 aliphatic rings. The Hall–Kier alpha value is -0.490. The van der Waals surface area contributed by atoms with Gasteiger partial charge in [0.15, 0.2) is 0 Å². The molecule has 1 atom stereocenters. The first-order valence-corrected chi connectivity index (χ1v) is 7.50. The largest absolute Gasteiger partial charge is 0.394 e. The van der Waals surface area contributed by atoms with E-state index in [0.29, 0.717) is 19.1 Å². The van der Waals surface area contributed by atoms with Crippen molar-refractivity contribution in [2.45, 2.75) is 25.7 Å². The molecule has 1 aromatic rings. The molecule has 1 N–H and O–H groups in total. The van der Waals surface area contributed by atoms with Crippen molar-refractivity contribution in [2.24, 2.45) is 0 Å². The Morgan fingerprint density at radius 3 is 3.17 bits per heavy atom. The second kappa shape index (κ2) is 7.19. The second-order valence-corrected chi connectivity index (χ2v) is 5.69. The first-order valence-electron chi connectivity index (χ1n) is 6.62. The van der Waals surface area contributed by atoms with Gasteiger partial charge in [-0.15, -0.1) is 11.3 Å². The van der Waals surface area contributed by atoms with Crippen LogP contribution >= 0.6 is 11.3 Å². The Morgan fingerprint density at radius 2 is 2.44 bits per heavy atom. The van der Waals surface area contributed by atoms with E-state index in [2.05, 4.69) is 22.2 Å². The number of ether oxygens (including phenoxy) is 1. The van der Waals surface area contributed by atoms with Gasteiger partial charge in [0.25, 0.3) is 0 Å². The van der Waals surface area contributed by atoms with Crippen LogP contribution < -0.4 is 0 Å². The van der Waals surface area contributed by atoms with Crippen LogP contribution in [-0.4, -0.2) is 54.4 Å². The highest BCUT2D eigenvalue weighted by atomic mass is 32.1. The van der Waals surface area contributed by atoms with Gasteiger partial charge in [-0.05, 0) is 26.3 Å². The second-order valence-electron chi connectivity index (χ2n) is 4.80. The van der Waals surface area contributed by atoms with Crippen molar-refractivity contribution in [2.75, 3.05) is 39.5 Å². The lowest BCUT2D eigenvalue weighted by Gasteiger charge is -2.31. The standard InChI is InChI=1S/C13H22N2O2S/c1-11-10-18-13(14-11)12-3-2-4-15(9-12)5-7-17-8-6-16/h10,12,16H,2-9H2,1H3. The van der Waals surface area contributed by atoms with E-state index in [-0.39, 0.29) is 6.61 Å². The first-order chi connectivity index (χ1) is 8.79. The number of likely N-dealkylation sites (tertiary alicyclic amines) is 1. The van der Waals surface area contributed by atoms with Crippen molar-refractivity contribution in [1.29, 1.82) is 0 Å². The Bertz CT molecular complexity index is 357. The van der Waals surface area contributed by atoms with Crippen molar-refractivity contribution in [3.63, 3.8) is 0 Å². The normalized spacial score (nSPS) is 21.3. The van der Waals surface area contributed by atoms with E-state index < -0.39 is 0 Å². The molecule has 0 aliphatic carbocycles. The SMILES string of the molecule is Cc1csc(C2CCCN(CCOCCO)C2)n1. The molecule has 0 saturated carbocycles. The summed E-state index contributed by atoms with van der Waals surface area (Å²) >= 11 is 1.79. The number of aliphatic hydroxyl groups excluding tert-OH is 1. The van der Waals surface area contributed by atoms with Crippen LogP contribution in [0.2, 0.25) is 0 Å². The lowest BCUT2D eigenvalue weighted by atomic mass is 9.99. The van der Waals surface area contributed by atoms with Gasteiger partial charge in [-0.3, -0.25) is 0 Å². The van der Waals surface area contributed by atoms with Crippen LogP contribution in [0.15, 0.2) is 5.38 Å². The molecule has 4 nitrogen and oxygen atoms in total. The molecular weight excluding hydrogens is 248 g/mol. The Balaban J connectivity index is 1.77. The third kappa shape index (κ3) is 4.02. The minimum absolute atomic E-state index is 0.112. The molecule has 1 aliphatic heterocycles. The molecule has 18 heavy (non-hydrogen) atoms. The van der Waals surface area contributed by atoms with Crippen LogP contribution in [0.5, 0.6) is 0 Å². The van der Waals surface area contributed by atoms with E-state index in [9.17, 15) is 0 Å². The van der Waals surface area contributed by atoms with Crippen LogP contribution in [-0.2, 0) is 4.74 Å². The van der Waals surface area contributed by atoms with Crippen molar-refractivity contribution in [3.05, 3.63) is 16.1 Å². The smallest absolute Gasteiger partial charge is 0.0971 e. The van der Waals surface area contributed by atoms with Crippen LogP contribution in [0, 0.1) is 6.92 Å². The summed E-state index contributed by atoms with van der Waals surface area (Å²) in [5, 5.41) is 12.1. The van der Waals surface area contributed by atoms with Crippen molar-refractivity contribution in [3.8, 4) is 0 Å². The third-order valence-corrected chi connectivity index (χ3v) is 4.40. The van der Waals surface area contributed by atoms with Gasteiger partial charge in [0.05, 0.1) is 24.8 Å². The lowest BCUT2D eigenvalue weighted by molar-refractivity contribution is 0.0672. The number of rotatable bonds is 6. The molecule has 2 heterocycles. The van der Waals surface area contributed by atoms with Crippen LogP contribution in [0.3, 0.4) is 0 Å². The van der Waals surface area contributed by atoms with E-state index in [4.69, 9.17) is 9.84 Å². The van der Waals surface area contributed by atoms with E-state index in [1.54, 1.807) is 11.3 Å². The molecule has 1 fully saturated rings. The summed E-state index contributed by atoms with van der Waals surface area (Å²) in [6, 6.07) is 0. The van der Waals surface area contributed by atoms with E-state index in [1.807, 2.05) is 0 Å². The predicted molar refractivity (Wildman–Crippen MR) is 73.2 cm³/mol. The Kier molecular flexibility index (Phi) is 5.56. The first kappa shape index (κ1) is 13.9. The van der Waals surface area contributed by atoms with Gasteiger partial charge in [0.1, 0.15) is 0 Å². The number of aryl methyl sites for hydroxylation is 1. The number of aliphatic hydroxyl groups is 1. The molecule has 5 heteroatoms. The maximum atomic E-state index is 8.65. The van der Waals surface area contributed by atoms with Gasteiger partial charge in [0.2, 0.25) is 0 Å². The van der Waals surface area contributed by atoms with Gasteiger partial charge < -0.3 is 14.7 Å². The van der Waals surface area contributed by atoms with Crippen LogP contribution in [0.1, 0.15) is 29.5 Å². The molecular formula is C13H22N2O2S. The molecule has 0 spiro atoms. The molecule has 2 rings (SSSR count). The summed E-state index contributed by atoms with van der Waals surface area (Å²) in [6.45, 7) is 6.54. The van der Waals surface area contributed by atoms with E-state index in [0.717, 1.165) is 25.3 Å². The Morgan fingerprint density at radius 1 is 1.56 bits per heavy atom.